The third-order valence-electron chi connectivity index (χ3n) is 3.06. The lowest BCUT2D eigenvalue weighted by atomic mass is 9.88. The zero-order valence-electron chi connectivity index (χ0n) is 16.0. The molecule has 0 spiro atoms. The Morgan fingerprint density at radius 2 is 1.76 bits per heavy atom. The van der Waals surface area contributed by atoms with E-state index in [0.717, 1.165) is 6.21 Å². The Balaban J connectivity index is 5.04. The van der Waals surface area contributed by atoms with E-state index >= 15 is 0 Å². The number of amides is 1. The van der Waals surface area contributed by atoms with Gasteiger partial charge in [0.25, 0.3) is 0 Å². The Bertz CT molecular complexity index is 540. The molecular weight excluding hydrogens is 324 g/mol. The predicted molar refractivity (Wildman–Crippen MR) is 93.7 cm³/mol. The molecule has 142 valence electrons. The van der Waals surface area contributed by atoms with E-state index in [2.05, 4.69) is 10.1 Å². The van der Waals surface area contributed by atoms with Crippen LogP contribution < -0.4 is 11.1 Å². The van der Waals surface area contributed by atoms with Crippen LogP contribution in [0.2, 0.25) is 0 Å². The summed E-state index contributed by atoms with van der Waals surface area (Å²) in [6, 6.07) is -1.78. The van der Waals surface area contributed by atoms with Crippen LogP contribution in [0, 0.1) is 5.41 Å². The molecule has 0 heterocycles. The van der Waals surface area contributed by atoms with Crippen LogP contribution in [-0.2, 0) is 19.1 Å². The van der Waals surface area contributed by atoms with Crippen LogP contribution in [0.4, 0.5) is 0 Å². The van der Waals surface area contributed by atoms with E-state index in [0.29, 0.717) is 6.42 Å². The molecule has 1 amide bonds. The first-order valence-electron chi connectivity index (χ1n) is 8.24. The fourth-order valence-electron chi connectivity index (χ4n) is 2.07. The summed E-state index contributed by atoms with van der Waals surface area (Å²) >= 11 is 0. The second-order valence-corrected chi connectivity index (χ2v) is 8.22. The fraction of sp³-hybridized carbons (Fsp3) is 0.765. The number of esters is 1. The van der Waals surface area contributed by atoms with Crippen LogP contribution in [0.3, 0.4) is 0 Å². The highest BCUT2D eigenvalue weighted by Crippen LogP contribution is 2.20. The molecule has 0 rings (SSSR count). The molecule has 0 unspecified atom stereocenters. The maximum atomic E-state index is 12.3. The van der Waals surface area contributed by atoms with Crippen LogP contribution in [0.15, 0.2) is 0 Å². The Kier molecular flexibility index (Phi) is 8.66. The molecule has 0 aromatic rings. The van der Waals surface area contributed by atoms with Crippen LogP contribution in [0.5, 0.6) is 0 Å². The normalized spacial score (nSPS) is 14.0. The van der Waals surface area contributed by atoms with Gasteiger partial charge in [-0.3, -0.25) is 9.59 Å². The van der Waals surface area contributed by atoms with Gasteiger partial charge in [-0.2, -0.15) is 4.79 Å². The average Bonchev–Trinajstić information content (AvgIpc) is 2.39. The van der Waals surface area contributed by atoms with Crippen molar-refractivity contribution >= 4 is 23.9 Å². The standard InChI is InChI=1S/C17H30N4O4/c1-16(2,3)9-12(18)14(23)21-13(8-7-11(22)10-20-19)15(24)25-17(4,5)6/h10,12-13H,7-9,18H2,1-6H3,(H,21,23)/t12-,13-/m0/s1. The predicted octanol–water partition coefficient (Wildman–Crippen LogP) is 1.23. The second-order valence-electron chi connectivity index (χ2n) is 8.22. The first-order valence-corrected chi connectivity index (χ1v) is 8.24. The van der Waals surface area contributed by atoms with E-state index in [1.165, 1.54) is 0 Å². The summed E-state index contributed by atoms with van der Waals surface area (Å²) in [5, 5.41) is 2.56. The highest BCUT2D eigenvalue weighted by Gasteiger charge is 2.30. The number of rotatable bonds is 8. The minimum Gasteiger partial charge on any atom is -0.458 e. The molecule has 0 aliphatic carbocycles. The molecule has 0 fully saturated rings. The van der Waals surface area contributed by atoms with Crippen molar-refractivity contribution in [3.8, 4) is 0 Å². The number of ketones is 1. The van der Waals surface area contributed by atoms with Gasteiger partial charge in [-0.25, -0.2) is 4.79 Å². The zero-order chi connectivity index (χ0) is 19.8. The summed E-state index contributed by atoms with van der Waals surface area (Å²) in [5.41, 5.74) is 13.4. The molecule has 2 atom stereocenters. The number of carbonyl (C=O) groups excluding carboxylic acids is 3. The molecule has 25 heavy (non-hydrogen) atoms. The van der Waals surface area contributed by atoms with Gasteiger partial charge in [-0.05, 0) is 39.0 Å². The lowest BCUT2D eigenvalue weighted by molar-refractivity contribution is -0.159. The number of hydrogen-bond donors (Lipinski definition) is 2. The first-order chi connectivity index (χ1) is 11.2. The summed E-state index contributed by atoms with van der Waals surface area (Å²) in [4.78, 5) is 38.7. The SMILES string of the molecule is CC(C)(C)C[C@H](N)C(=O)N[C@@H](CCC(=O)C=[N+]=[N-])C(=O)OC(C)(C)C. The highest BCUT2D eigenvalue weighted by molar-refractivity contribution is 6.25. The first kappa shape index (κ1) is 22.9. The molecule has 0 aromatic carbocycles. The van der Waals surface area contributed by atoms with Gasteiger partial charge in [0.2, 0.25) is 11.7 Å². The molecule has 0 aliphatic rings. The Hall–Kier alpha value is -2.05. The van der Waals surface area contributed by atoms with E-state index < -0.39 is 35.3 Å². The van der Waals surface area contributed by atoms with E-state index in [4.69, 9.17) is 16.0 Å². The van der Waals surface area contributed by atoms with Crippen LogP contribution >= 0.6 is 0 Å². The van der Waals surface area contributed by atoms with Crippen molar-refractivity contribution in [2.75, 3.05) is 0 Å². The number of nitrogens with zero attached hydrogens (tertiary/aromatic N) is 2. The van der Waals surface area contributed by atoms with Gasteiger partial charge in [0.1, 0.15) is 11.6 Å². The van der Waals surface area contributed by atoms with Gasteiger partial charge in [0, 0.05) is 6.42 Å². The molecule has 8 heteroatoms. The summed E-state index contributed by atoms with van der Waals surface area (Å²) in [6.07, 6.45) is 1.13. The molecule has 0 bridgehead atoms. The van der Waals surface area contributed by atoms with Crippen molar-refractivity contribution < 1.29 is 23.9 Å². The van der Waals surface area contributed by atoms with Gasteiger partial charge < -0.3 is 21.3 Å². The van der Waals surface area contributed by atoms with Crippen molar-refractivity contribution in [3.05, 3.63) is 5.53 Å². The van der Waals surface area contributed by atoms with Crippen molar-refractivity contribution in [3.63, 3.8) is 0 Å². The Morgan fingerprint density at radius 1 is 1.20 bits per heavy atom. The van der Waals surface area contributed by atoms with Crippen LogP contribution in [0.1, 0.15) is 60.8 Å². The summed E-state index contributed by atoms with van der Waals surface area (Å²) in [5.74, 6) is -1.59. The van der Waals surface area contributed by atoms with E-state index in [1.54, 1.807) is 20.8 Å². The van der Waals surface area contributed by atoms with Crippen molar-refractivity contribution in [2.45, 2.75) is 78.5 Å². The quantitative estimate of drug-likeness (QED) is 0.292. The lowest BCUT2D eigenvalue weighted by Crippen LogP contribution is -2.51. The van der Waals surface area contributed by atoms with Gasteiger partial charge in [0.05, 0.1) is 6.04 Å². The van der Waals surface area contributed by atoms with Gasteiger partial charge in [-0.15, -0.1) is 0 Å². The van der Waals surface area contributed by atoms with Crippen molar-refractivity contribution in [1.82, 2.24) is 5.32 Å². The number of nitrogens with two attached hydrogens (primary N) is 1. The number of Topliss-reactive ketones (excluding diaryl/α,β-unsaturated/α-hetero) is 1. The number of nitrogens with one attached hydrogen (secondary N) is 1. The summed E-state index contributed by atoms with van der Waals surface area (Å²) in [7, 11) is 0. The minimum absolute atomic E-state index is 0.0216. The molecule has 3 N–H and O–H groups in total. The number of ether oxygens (including phenoxy) is 1. The van der Waals surface area contributed by atoms with Crippen molar-refractivity contribution in [1.29, 1.82) is 0 Å². The Labute approximate surface area is 149 Å². The maximum absolute atomic E-state index is 12.3. The molecule has 0 radical (unpaired) electrons. The van der Waals surface area contributed by atoms with Gasteiger partial charge >= 0.3 is 12.2 Å². The number of hydrogen-bond acceptors (Lipinski definition) is 5. The maximum Gasteiger partial charge on any atom is 0.329 e. The lowest BCUT2D eigenvalue weighted by Gasteiger charge is -2.27. The zero-order valence-corrected chi connectivity index (χ0v) is 16.0. The smallest absolute Gasteiger partial charge is 0.329 e. The second kappa shape index (κ2) is 9.44. The monoisotopic (exact) mass is 354 g/mol. The largest absolute Gasteiger partial charge is 0.458 e. The third kappa shape index (κ3) is 11.2. The van der Waals surface area contributed by atoms with Gasteiger partial charge in [0.15, 0.2) is 0 Å². The molecule has 8 nitrogen and oxygen atoms in total. The minimum atomic E-state index is -1.01. The topological polar surface area (TPSA) is 135 Å². The highest BCUT2D eigenvalue weighted by atomic mass is 16.6. The van der Waals surface area contributed by atoms with Crippen LogP contribution in [-0.4, -0.2) is 46.3 Å². The van der Waals surface area contributed by atoms with Crippen LogP contribution in [0.25, 0.3) is 5.53 Å². The van der Waals surface area contributed by atoms with Crippen molar-refractivity contribution in [2.24, 2.45) is 11.1 Å². The van der Waals surface area contributed by atoms with E-state index in [9.17, 15) is 14.4 Å². The molecule has 0 aromatic heterocycles. The van der Waals surface area contributed by atoms with E-state index in [-0.39, 0.29) is 18.3 Å². The average molecular weight is 354 g/mol. The fourth-order valence-corrected chi connectivity index (χ4v) is 2.07. The van der Waals surface area contributed by atoms with Gasteiger partial charge in [-0.1, -0.05) is 20.8 Å². The molecule has 0 aliphatic heterocycles. The molecule has 0 saturated heterocycles. The summed E-state index contributed by atoms with van der Waals surface area (Å²) < 4.78 is 5.28. The Morgan fingerprint density at radius 3 is 2.20 bits per heavy atom. The molecular formula is C17H30N4O4. The van der Waals surface area contributed by atoms with E-state index in [1.807, 2.05) is 20.8 Å². The summed E-state index contributed by atoms with van der Waals surface area (Å²) in [6.45, 7) is 11.0. The number of carbonyl (C=O) groups is 3. The molecule has 0 saturated carbocycles. The third-order valence-corrected chi connectivity index (χ3v) is 3.06.